The van der Waals surface area contributed by atoms with Gasteiger partial charge in [-0.1, -0.05) is 0 Å². The second-order valence-corrected chi connectivity index (χ2v) is 6.63. The number of carbonyl (C=O) groups is 2. The molecule has 3 aromatic rings. The molecule has 142 valence electrons. The fraction of sp³-hybridized carbons (Fsp3) is 0.316. The fourth-order valence-electron chi connectivity index (χ4n) is 2.69. The third-order valence-electron chi connectivity index (χ3n) is 3.80. The lowest BCUT2D eigenvalue weighted by atomic mass is 10.2. The standard InChI is InChI=1S/C19H21N3O4S/c1-3-25-15-5-6-16-13(9-15)7-8-22(16)11-17(23)21-19-20-14(12-27-19)10-18(24)26-4-2/h5-9,12H,3-4,10-11H2,1-2H3,(H,20,21,23). The smallest absolute Gasteiger partial charge is 0.311 e. The Morgan fingerprint density at radius 1 is 1.22 bits per heavy atom. The lowest BCUT2D eigenvalue weighted by molar-refractivity contribution is -0.142. The molecule has 0 saturated heterocycles. The lowest BCUT2D eigenvalue weighted by Crippen LogP contribution is -2.18. The Balaban J connectivity index is 1.62. The first-order valence-electron chi connectivity index (χ1n) is 8.70. The van der Waals surface area contributed by atoms with Crippen LogP contribution >= 0.6 is 11.3 Å². The van der Waals surface area contributed by atoms with Gasteiger partial charge < -0.3 is 19.4 Å². The van der Waals surface area contributed by atoms with Crippen LogP contribution in [0.3, 0.4) is 0 Å². The minimum Gasteiger partial charge on any atom is -0.494 e. The van der Waals surface area contributed by atoms with Gasteiger partial charge in [0.05, 0.1) is 25.3 Å². The molecule has 1 aromatic carbocycles. The van der Waals surface area contributed by atoms with Crippen molar-refractivity contribution in [3.8, 4) is 5.75 Å². The van der Waals surface area contributed by atoms with Crippen LogP contribution in [0.1, 0.15) is 19.5 Å². The maximum atomic E-state index is 12.3. The Morgan fingerprint density at radius 3 is 2.85 bits per heavy atom. The number of hydrogen-bond donors (Lipinski definition) is 1. The van der Waals surface area contributed by atoms with Crippen LogP contribution in [0.4, 0.5) is 5.13 Å². The minimum absolute atomic E-state index is 0.102. The summed E-state index contributed by atoms with van der Waals surface area (Å²) in [5.74, 6) is 0.299. The van der Waals surface area contributed by atoms with E-state index < -0.39 is 0 Å². The van der Waals surface area contributed by atoms with Crippen LogP contribution in [0.5, 0.6) is 5.75 Å². The van der Waals surface area contributed by atoms with Crippen LogP contribution in [-0.4, -0.2) is 34.6 Å². The summed E-state index contributed by atoms with van der Waals surface area (Å²) in [5, 5.41) is 6.00. The van der Waals surface area contributed by atoms with Crippen molar-refractivity contribution in [3.05, 3.63) is 41.5 Å². The molecule has 27 heavy (non-hydrogen) atoms. The van der Waals surface area contributed by atoms with E-state index >= 15 is 0 Å². The molecule has 2 aromatic heterocycles. The zero-order valence-electron chi connectivity index (χ0n) is 15.2. The third kappa shape index (κ3) is 4.85. The highest BCUT2D eigenvalue weighted by Gasteiger charge is 2.12. The van der Waals surface area contributed by atoms with E-state index in [1.165, 1.54) is 11.3 Å². The highest BCUT2D eigenvalue weighted by Crippen LogP contribution is 2.22. The van der Waals surface area contributed by atoms with Gasteiger partial charge in [0.1, 0.15) is 12.3 Å². The van der Waals surface area contributed by atoms with Crippen LogP contribution in [-0.2, 0) is 27.3 Å². The van der Waals surface area contributed by atoms with Gasteiger partial charge in [-0.25, -0.2) is 4.98 Å². The number of aromatic nitrogens is 2. The topological polar surface area (TPSA) is 82.5 Å². The summed E-state index contributed by atoms with van der Waals surface area (Å²) < 4.78 is 12.3. The molecule has 0 radical (unpaired) electrons. The number of rotatable bonds is 8. The molecule has 1 N–H and O–H groups in total. The van der Waals surface area contributed by atoms with Crippen molar-refractivity contribution in [2.75, 3.05) is 18.5 Å². The average molecular weight is 387 g/mol. The molecular formula is C19H21N3O4S. The number of thiazole rings is 1. The van der Waals surface area contributed by atoms with Crippen LogP contribution in [0, 0.1) is 0 Å². The van der Waals surface area contributed by atoms with E-state index in [0.29, 0.717) is 24.0 Å². The minimum atomic E-state index is -0.328. The predicted octanol–water partition coefficient (Wildman–Crippen LogP) is 3.24. The number of anilines is 1. The van der Waals surface area contributed by atoms with Crippen molar-refractivity contribution in [3.63, 3.8) is 0 Å². The van der Waals surface area contributed by atoms with Gasteiger partial charge in [-0.15, -0.1) is 11.3 Å². The van der Waals surface area contributed by atoms with E-state index in [2.05, 4.69) is 10.3 Å². The second kappa shape index (κ2) is 8.68. The number of hydrogen-bond acceptors (Lipinski definition) is 6. The number of esters is 1. The van der Waals surface area contributed by atoms with Crippen molar-refractivity contribution in [1.82, 2.24) is 9.55 Å². The molecule has 2 heterocycles. The van der Waals surface area contributed by atoms with Gasteiger partial charge >= 0.3 is 5.97 Å². The van der Waals surface area contributed by atoms with E-state index in [1.54, 1.807) is 12.3 Å². The zero-order chi connectivity index (χ0) is 19.2. The predicted molar refractivity (Wildman–Crippen MR) is 104 cm³/mol. The van der Waals surface area contributed by atoms with Gasteiger partial charge in [0, 0.05) is 22.5 Å². The molecule has 0 fully saturated rings. The molecule has 0 spiro atoms. The first-order valence-corrected chi connectivity index (χ1v) is 9.58. The van der Waals surface area contributed by atoms with E-state index in [9.17, 15) is 9.59 Å². The Bertz CT molecular complexity index is 947. The quantitative estimate of drug-likeness (QED) is 0.600. The number of nitrogens with zero attached hydrogens (tertiary/aromatic N) is 2. The van der Waals surface area contributed by atoms with Gasteiger partial charge in [-0.05, 0) is 38.1 Å². The maximum absolute atomic E-state index is 12.3. The van der Waals surface area contributed by atoms with Crippen LogP contribution < -0.4 is 10.1 Å². The Labute approximate surface area is 160 Å². The van der Waals surface area contributed by atoms with Crippen molar-refractivity contribution in [1.29, 1.82) is 0 Å². The summed E-state index contributed by atoms with van der Waals surface area (Å²) in [6.45, 7) is 4.82. The SMILES string of the molecule is CCOC(=O)Cc1csc(NC(=O)Cn2ccc3cc(OCC)ccc32)n1. The molecule has 0 aliphatic heterocycles. The number of amides is 1. The molecule has 0 unspecified atom stereocenters. The lowest BCUT2D eigenvalue weighted by Gasteiger charge is -2.07. The van der Waals surface area contributed by atoms with E-state index in [4.69, 9.17) is 9.47 Å². The summed E-state index contributed by atoms with van der Waals surface area (Å²) in [4.78, 5) is 28.1. The van der Waals surface area contributed by atoms with Crippen LogP contribution in [0.2, 0.25) is 0 Å². The van der Waals surface area contributed by atoms with Gasteiger partial charge in [-0.3, -0.25) is 9.59 Å². The summed E-state index contributed by atoms with van der Waals surface area (Å²) in [6, 6.07) is 7.73. The Hall–Kier alpha value is -2.87. The normalized spacial score (nSPS) is 10.7. The first kappa shape index (κ1) is 18.9. The number of carbonyl (C=O) groups excluding carboxylic acids is 2. The van der Waals surface area contributed by atoms with Gasteiger partial charge in [0.25, 0.3) is 0 Å². The van der Waals surface area contributed by atoms with Gasteiger partial charge in [0.2, 0.25) is 5.91 Å². The number of ether oxygens (including phenoxy) is 2. The molecule has 0 atom stereocenters. The van der Waals surface area contributed by atoms with Crippen LogP contribution in [0.25, 0.3) is 10.9 Å². The average Bonchev–Trinajstić information content (AvgIpc) is 3.22. The second-order valence-electron chi connectivity index (χ2n) is 5.77. The summed E-state index contributed by atoms with van der Waals surface area (Å²) in [5.41, 5.74) is 1.54. The van der Waals surface area contributed by atoms with E-state index in [0.717, 1.165) is 16.7 Å². The zero-order valence-corrected chi connectivity index (χ0v) is 16.0. The maximum Gasteiger partial charge on any atom is 0.311 e. The third-order valence-corrected chi connectivity index (χ3v) is 4.60. The molecular weight excluding hydrogens is 366 g/mol. The molecule has 0 saturated carbocycles. The van der Waals surface area contributed by atoms with Crippen molar-refractivity contribution < 1.29 is 19.1 Å². The van der Waals surface area contributed by atoms with Crippen molar-refractivity contribution >= 4 is 39.2 Å². The molecule has 0 aliphatic carbocycles. The molecule has 8 heteroatoms. The summed E-state index contributed by atoms with van der Waals surface area (Å²) in [7, 11) is 0. The van der Waals surface area contributed by atoms with Gasteiger partial charge in [-0.2, -0.15) is 0 Å². The number of fused-ring (bicyclic) bond motifs is 1. The Kier molecular flexibility index (Phi) is 6.08. The molecule has 3 rings (SSSR count). The molecule has 1 amide bonds. The highest BCUT2D eigenvalue weighted by molar-refractivity contribution is 7.13. The van der Waals surface area contributed by atoms with E-state index in [-0.39, 0.29) is 24.8 Å². The monoisotopic (exact) mass is 387 g/mol. The highest BCUT2D eigenvalue weighted by atomic mass is 32.1. The summed E-state index contributed by atoms with van der Waals surface area (Å²) in [6.07, 6.45) is 1.97. The fourth-order valence-corrected chi connectivity index (χ4v) is 3.42. The summed E-state index contributed by atoms with van der Waals surface area (Å²) >= 11 is 1.28. The number of nitrogens with one attached hydrogen (secondary N) is 1. The Morgan fingerprint density at radius 2 is 2.07 bits per heavy atom. The molecule has 0 bridgehead atoms. The first-order chi connectivity index (χ1) is 13.1. The largest absolute Gasteiger partial charge is 0.494 e. The number of benzene rings is 1. The molecule has 0 aliphatic rings. The van der Waals surface area contributed by atoms with Crippen molar-refractivity contribution in [2.24, 2.45) is 0 Å². The van der Waals surface area contributed by atoms with Gasteiger partial charge in [0.15, 0.2) is 5.13 Å². The van der Waals surface area contributed by atoms with Crippen LogP contribution in [0.15, 0.2) is 35.8 Å². The van der Waals surface area contributed by atoms with E-state index in [1.807, 2.05) is 42.0 Å². The molecule has 7 nitrogen and oxygen atoms in total. The van der Waals surface area contributed by atoms with Crippen molar-refractivity contribution in [2.45, 2.75) is 26.8 Å².